The lowest BCUT2D eigenvalue weighted by atomic mass is 10.2. The van der Waals surface area contributed by atoms with Gasteiger partial charge in [-0.1, -0.05) is 29.3 Å². The normalized spacial score (nSPS) is 11.2. The molecule has 3 heterocycles. The lowest BCUT2D eigenvalue weighted by molar-refractivity contribution is 0.0994. The number of halogens is 4. The van der Waals surface area contributed by atoms with Crippen LogP contribution in [0.4, 0.5) is 10.2 Å². The standard InChI is InChI=1S/C21H17BrCl2FN5O2/c1-11-19(22)12(2)30(27-11)8-13-6-7-18(32-13)21(31)26-20-16(24)10-29(28-20)9-14-15(23)4-3-5-17(14)25/h3-7,10H,8-9H2,1-2H3,(H,26,28,31). The van der Waals surface area contributed by atoms with Gasteiger partial charge in [0.1, 0.15) is 16.6 Å². The van der Waals surface area contributed by atoms with Gasteiger partial charge in [-0.25, -0.2) is 4.39 Å². The van der Waals surface area contributed by atoms with Crippen LogP contribution in [-0.4, -0.2) is 25.5 Å². The summed E-state index contributed by atoms with van der Waals surface area (Å²) in [6, 6.07) is 7.70. The zero-order chi connectivity index (χ0) is 23.0. The van der Waals surface area contributed by atoms with E-state index in [-0.39, 0.29) is 33.7 Å². The number of aromatic nitrogens is 4. The Kier molecular flexibility index (Phi) is 6.41. The average Bonchev–Trinajstić information content (AvgIpc) is 3.41. The van der Waals surface area contributed by atoms with E-state index in [1.165, 1.54) is 23.0 Å². The predicted octanol–water partition coefficient (Wildman–Crippen LogP) is 5.85. The molecule has 4 rings (SSSR count). The van der Waals surface area contributed by atoms with Crippen LogP contribution >= 0.6 is 39.1 Å². The molecule has 1 amide bonds. The van der Waals surface area contributed by atoms with Crippen LogP contribution in [0.25, 0.3) is 0 Å². The summed E-state index contributed by atoms with van der Waals surface area (Å²) >= 11 is 15.8. The van der Waals surface area contributed by atoms with Crippen LogP contribution in [0.15, 0.2) is 45.4 Å². The minimum atomic E-state index is -0.512. The number of hydrogen-bond donors (Lipinski definition) is 1. The van der Waals surface area contributed by atoms with Crippen molar-refractivity contribution >= 4 is 50.9 Å². The lowest BCUT2D eigenvalue weighted by Crippen LogP contribution is -2.12. The zero-order valence-electron chi connectivity index (χ0n) is 17.0. The summed E-state index contributed by atoms with van der Waals surface area (Å²) < 4.78 is 23.8. The smallest absolute Gasteiger partial charge is 0.292 e. The molecule has 0 bridgehead atoms. The number of carbonyl (C=O) groups is 1. The van der Waals surface area contributed by atoms with Gasteiger partial charge in [0.15, 0.2) is 11.6 Å². The van der Waals surface area contributed by atoms with Crippen molar-refractivity contribution in [1.29, 1.82) is 0 Å². The van der Waals surface area contributed by atoms with E-state index in [1.54, 1.807) is 22.9 Å². The Labute approximate surface area is 201 Å². The molecule has 11 heteroatoms. The molecule has 0 radical (unpaired) electrons. The molecule has 4 aromatic rings. The van der Waals surface area contributed by atoms with Gasteiger partial charge >= 0.3 is 0 Å². The SMILES string of the molecule is Cc1nn(Cc2ccc(C(=O)Nc3nn(Cc4c(F)cccc4Cl)cc3Cl)o2)c(C)c1Br. The molecule has 1 aromatic carbocycles. The zero-order valence-corrected chi connectivity index (χ0v) is 20.1. The van der Waals surface area contributed by atoms with Crippen molar-refractivity contribution in [3.8, 4) is 0 Å². The molecule has 7 nitrogen and oxygen atoms in total. The molecular weight excluding hydrogens is 524 g/mol. The van der Waals surface area contributed by atoms with Crippen LogP contribution in [0.5, 0.6) is 0 Å². The topological polar surface area (TPSA) is 77.9 Å². The van der Waals surface area contributed by atoms with E-state index in [0.29, 0.717) is 12.3 Å². The van der Waals surface area contributed by atoms with Gasteiger partial charge in [-0.05, 0) is 54.0 Å². The molecule has 1 N–H and O–H groups in total. The molecule has 0 spiro atoms. The van der Waals surface area contributed by atoms with Crippen LogP contribution in [0.2, 0.25) is 10.0 Å². The van der Waals surface area contributed by atoms with Gasteiger partial charge in [0.25, 0.3) is 5.91 Å². The van der Waals surface area contributed by atoms with Crippen molar-refractivity contribution in [3.05, 3.63) is 85.3 Å². The first-order chi connectivity index (χ1) is 15.2. The minimum absolute atomic E-state index is 0.0597. The monoisotopic (exact) mass is 539 g/mol. The highest BCUT2D eigenvalue weighted by atomic mass is 79.9. The van der Waals surface area contributed by atoms with Gasteiger partial charge in [-0.3, -0.25) is 14.2 Å². The van der Waals surface area contributed by atoms with Crippen molar-refractivity contribution in [2.24, 2.45) is 0 Å². The summed E-state index contributed by atoms with van der Waals surface area (Å²) in [5, 5.41) is 11.7. The van der Waals surface area contributed by atoms with Crippen LogP contribution in [0.3, 0.4) is 0 Å². The van der Waals surface area contributed by atoms with E-state index < -0.39 is 11.7 Å². The number of nitrogens with zero attached hydrogens (tertiary/aromatic N) is 4. The fourth-order valence-electron chi connectivity index (χ4n) is 3.14. The molecule has 0 aliphatic carbocycles. The number of anilines is 1. The second-order valence-corrected chi connectivity index (χ2v) is 8.69. The summed E-state index contributed by atoms with van der Waals surface area (Å²) in [6.07, 6.45) is 1.48. The minimum Gasteiger partial charge on any atom is -0.454 e. The van der Waals surface area contributed by atoms with E-state index in [4.69, 9.17) is 27.6 Å². The molecule has 0 aliphatic heterocycles. The number of furan rings is 1. The van der Waals surface area contributed by atoms with Gasteiger partial charge in [-0.2, -0.15) is 10.2 Å². The average molecular weight is 541 g/mol. The number of aryl methyl sites for hydroxylation is 1. The predicted molar refractivity (Wildman–Crippen MR) is 123 cm³/mol. The number of hydrogen-bond acceptors (Lipinski definition) is 4. The summed E-state index contributed by atoms with van der Waals surface area (Å²) in [4.78, 5) is 12.6. The highest BCUT2D eigenvalue weighted by molar-refractivity contribution is 9.10. The van der Waals surface area contributed by atoms with E-state index in [0.717, 1.165) is 15.9 Å². The first kappa shape index (κ1) is 22.6. The Morgan fingerprint density at radius 1 is 1.16 bits per heavy atom. The second-order valence-electron chi connectivity index (χ2n) is 7.09. The van der Waals surface area contributed by atoms with Gasteiger partial charge in [-0.15, -0.1) is 0 Å². The van der Waals surface area contributed by atoms with Crippen LogP contribution < -0.4 is 5.32 Å². The Bertz CT molecular complexity index is 1290. The van der Waals surface area contributed by atoms with Crippen molar-refractivity contribution in [2.45, 2.75) is 26.9 Å². The summed E-state index contributed by atoms with van der Waals surface area (Å²) in [6.45, 7) is 4.28. The molecule has 166 valence electrons. The lowest BCUT2D eigenvalue weighted by Gasteiger charge is -2.06. The van der Waals surface area contributed by atoms with Crippen molar-refractivity contribution in [2.75, 3.05) is 5.32 Å². The maximum absolute atomic E-state index is 14.0. The molecule has 0 saturated carbocycles. The summed E-state index contributed by atoms with van der Waals surface area (Å²) in [7, 11) is 0. The molecule has 0 saturated heterocycles. The molecule has 0 atom stereocenters. The third-order valence-electron chi connectivity index (χ3n) is 4.81. The number of nitrogens with one attached hydrogen (secondary N) is 1. The maximum atomic E-state index is 14.0. The highest BCUT2D eigenvalue weighted by Gasteiger charge is 2.18. The fourth-order valence-corrected chi connectivity index (χ4v) is 3.84. The van der Waals surface area contributed by atoms with Crippen molar-refractivity contribution in [3.63, 3.8) is 0 Å². The number of amides is 1. The fraction of sp³-hybridized carbons (Fsp3) is 0.190. The maximum Gasteiger partial charge on any atom is 0.292 e. The molecule has 32 heavy (non-hydrogen) atoms. The quantitative estimate of drug-likeness (QED) is 0.333. The molecular formula is C21H17BrCl2FN5O2. The third-order valence-corrected chi connectivity index (χ3v) is 6.59. The van der Waals surface area contributed by atoms with Gasteiger partial charge < -0.3 is 9.73 Å². The van der Waals surface area contributed by atoms with Gasteiger partial charge in [0, 0.05) is 16.8 Å². The van der Waals surface area contributed by atoms with E-state index >= 15 is 0 Å². The highest BCUT2D eigenvalue weighted by Crippen LogP contribution is 2.25. The Morgan fingerprint density at radius 3 is 2.62 bits per heavy atom. The molecule has 3 aromatic heterocycles. The molecule has 0 aliphatic rings. The van der Waals surface area contributed by atoms with Crippen LogP contribution in [-0.2, 0) is 13.1 Å². The Morgan fingerprint density at radius 2 is 1.94 bits per heavy atom. The van der Waals surface area contributed by atoms with Crippen LogP contribution in [0.1, 0.15) is 33.3 Å². The molecule has 0 unspecified atom stereocenters. The molecule has 0 fully saturated rings. The van der Waals surface area contributed by atoms with Gasteiger partial charge in [0.2, 0.25) is 0 Å². The Balaban J connectivity index is 1.46. The van der Waals surface area contributed by atoms with Crippen molar-refractivity contribution < 1.29 is 13.6 Å². The van der Waals surface area contributed by atoms with Crippen molar-refractivity contribution in [1.82, 2.24) is 19.6 Å². The largest absolute Gasteiger partial charge is 0.454 e. The Hall–Kier alpha value is -2.62. The number of carbonyl (C=O) groups excluding carboxylic acids is 1. The number of rotatable bonds is 6. The first-order valence-corrected chi connectivity index (χ1v) is 11.0. The second kappa shape index (κ2) is 9.09. The van der Waals surface area contributed by atoms with E-state index in [1.807, 2.05) is 13.8 Å². The van der Waals surface area contributed by atoms with E-state index in [2.05, 4.69) is 31.4 Å². The van der Waals surface area contributed by atoms with Gasteiger partial charge in [0.05, 0.1) is 29.0 Å². The summed E-state index contributed by atoms with van der Waals surface area (Å²) in [5.74, 6) is -0.165. The first-order valence-electron chi connectivity index (χ1n) is 9.48. The van der Waals surface area contributed by atoms with Crippen LogP contribution in [0, 0.1) is 19.7 Å². The third kappa shape index (κ3) is 4.60. The summed E-state index contributed by atoms with van der Waals surface area (Å²) in [5.41, 5.74) is 2.10. The number of benzene rings is 1. The van der Waals surface area contributed by atoms with E-state index in [9.17, 15) is 9.18 Å².